The molecule has 0 spiro atoms. The molecular weight excluding hydrogens is 312 g/mol. The molecule has 0 amide bonds. The molecule has 3 aromatic rings. The van der Waals surface area contributed by atoms with E-state index in [1.807, 2.05) is 48.5 Å². The fourth-order valence-corrected chi connectivity index (χ4v) is 2.25. The van der Waals surface area contributed by atoms with Gasteiger partial charge in [-0.25, -0.2) is 4.68 Å². The number of aromatic nitrogens is 2. The number of hydrogen-bond acceptors (Lipinski definition) is 3. The van der Waals surface area contributed by atoms with E-state index in [1.165, 1.54) is 10.7 Å². The van der Waals surface area contributed by atoms with Gasteiger partial charge in [0, 0.05) is 23.7 Å². The molecule has 1 aromatic heterocycles. The van der Waals surface area contributed by atoms with E-state index in [4.69, 9.17) is 16.3 Å². The summed E-state index contributed by atoms with van der Waals surface area (Å²) in [5, 5.41) is 4.94. The Kier molecular flexibility index (Phi) is 4.44. The molecule has 0 N–H and O–H groups in total. The molecule has 0 fully saturated rings. The Morgan fingerprint density at radius 2 is 1.70 bits per heavy atom. The summed E-state index contributed by atoms with van der Waals surface area (Å²) < 4.78 is 7.07. The summed E-state index contributed by atoms with van der Waals surface area (Å²) in [6.45, 7) is 0.481. The second kappa shape index (κ2) is 6.67. The smallest absolute Gasteiger partial charge is 0.266 e. The number of halogens is 1. The summed E-state index contributed by atoms with van der Waals surface area (Å²) in [6, 6.07) is 18.4. The van der Waals surface area contributed by atoms with Crippen LogP contribution in [0.15, 0.2) is 65.5 Å². The second-order valence-corrected chi connectivity index (χ2v) is 5.56. The van der Waals surface area contributed by atoms with Crippen LogP contribution in [0.25, 0.3) is 11.3 Å². The van der Waals surface area contributed by atoms with Gasteiger partial charge in [-0.05, 0) is 48.0 Å². The van der Waals surface area contributed by atoms with Gasteiger partial charge in [0.1, 0.15) is 12.4 Å². The summed E-state index contributed by atoms with van der Waals surface area (Å²) in [4.78, 5) is 11.4. The maximum atomic E-state index is 11.4. The zero-order chi connectivity index (χ0) is 16.2. The van der Waals surface area contributed by atoms with Crippen molar-refractivity contribution in [3.05, 3.63) is 81.6 Å². The summed E-state index contributed by atoms with van der Waals surface area (Å²) >= 11 is 5.86. The Bertz CT molecular complexity index is 855. The summed E-state index contributed by atoms with van der Waals surface area (Å²) in [6.07, 6.45) is 0. The van der Waals surface area contributed by atoms with Crippen LogP contribution in [0.4, 0.5) is 0 Å². The fourth-order valence-electron chi connectivity index (χ4n) is 2.13. The van der Waals surface area contributed by atoms with Crippen LogP contribution < -0.4 is 10.3 Å². The van der Waals surface area contributed by atoms with Crippen molar-refractivity contribution in [2.45, 2.75) is 6.61 Å². The van der Waals surface area contributed by atoms with E-state index in [1.54, 1.807) is 13.1 Å². The van der Waals surface area contributed by atoms with E-state index in [-0.39, 0.29) is 5.56 Å². The molecular formula is C18H15ClN2O2. The first-order chi connectivity index (χ1) is 11.1. The number of hydrogen-bond donors (Lipinski definition) is 0. The highest BCUT2D eigenvalue weighted by Crippen LogP contribution is 2.21. The predicted octanol–water partition coefficient (Wildman–Crippen LogP) is 3.68. The average molecular weight is 327 g/mol. The molecule has 4 nitrogen and oxygen atoms in total. The van der Waals surface area contributed by atoms with Crippen molar-refractivity contribution in [3.8, 4) is 17.0 Å². The third-order valence-corrected chi connectivity index (χ3v) is 3.68. The van der Waals surface area contributed by atoms with Crippen molar-refractivity contribution in [2.24, 2.45) is 7.05 Å². The van der Waals surface area contributed by atoms with Crippen LogP contribution in [0.3, 0.4) is 0 Å². The van der Waals surface area contributed by atoms with Crippen LogP contribution in [0.2, 0.25) is 5.02 Å². The molecule has 0 bridgehead atoms. The Morgan fingerprint density at radius 1 is 1.00 bits per heavy atom. The van der Waals surface area contributed by atoms with Crippen LogP contribution in [-0.4, -0.2) is 9.78 Å². The quantitative estimate of drug-likeness (QED) is 0.734. The Morgan fingerprint density at radius 3 is 2.35 bits per heavy atom. The third kappa shape index (κ3) is 3.79. The third-order valence-electron chi connectivity index (χ3n) is 3.43. The number of rotatable bonds is 4. The first-order valence-corrected chi connectivity index (χ1v) is 7.52. The molecule has 0 saturated heterocycles. The topological polar surface area (TPSA) is 44.1 Å². The molecule has 3 rings (SSSR count). The van der Waals surface area contributed by atoms with E-state index in [0.29, 0.717) is 11.6 Å². The van der Waals surface area contributed by atoms with Crippen LogP contribution in [0.5, 0.6) is 5.75 Å². The molecule has 116 valence electrons. The van der Waals surface area contributed by atoms with Crippen LogP contribution in [0.1, 0.15) is 5.56 Å². The molecule has 0 aliphatic rings. The van der Waals surface area contributed by atoms with Gasteiger partial charge in [-0.3, -0.25) is 4.79 Å². The maximum absolute atomic E-state index is 11.4. The predicted molar refractivity (Wildman–Crippen MR) is 90.7 cm³/mol. The van der Waals surface area contributed by atoms with Gasteiger partial charge >= 0.3 is 0 Å². The summed E-state index contributed by atoms with van der Waals surface area (Å²) in [5.41, 5.74) is 2.60. The van der Waals surface area contributed by atoms with Gasteiger partial charge in [-0.2, -0.15) is 5.10 Å². The Labute approximate surface area is 138 Å². The van der Waals surface area contributed by atoms with Crippen LogP contribution in [0, 0.1) is 0 Å². The largest absolute Gasteiger partial charge is 0.489 e. The first kappa shape index (κ1) is 15.3. The number of ether oxygens (including phenoxy) is 1. The Balaban J connectivity index is 1.70. The number of benzene rings is 2. The van der Waals surface area contributed by atoms with E-state index in [0.717, 1.165) is 22.6 Å². The van der Waals surface area contributed by atoms with Crippen molar-refractivity contribution in [1.29, 1.82) is 0 Å². The molecule has 0 unspecified atom stereocenters. The van der Waals surface area contributed by atoms with Crippen molar-refractivity contribution in [2.75, 3.05) is 0 Å². The monoisotopic (exact) mass is 326 g/mol. The molecule has 23 heavy (non-hydrogen) atoms. The maximum Gasteiger partial charge on any atom is 0.266 e. The zero-order valence-electron chi connectivity index (χ0n) is 12.6. The van der Waals surface area contributed by atoms with Crippen LogP contribution >= 0.6 is 11.6 Å². The average Bonchev–Trinajstić information content (AvgIpc) is 2.57. The van der Waals surface area contributed by atoms with Gasteiger partial charge in [0.25, 0.3) is 5.56 Å². The standard InChI is InChI=1S/C18H15ClN2O2/c1-21-18(22)11-10-17(20-21)14-4-8-16(9-5-14)23-12-13-2-6-15(19)7-3-13/h2-11H,12H2,1H3. The minimum atomic E-state index is -0.128. The highest BCUT2D eigenvalue weighted by molar-refractivity contribution is 6.30. The van der Waals surface area contributed by atoms with Gasteiger partial charge in [-0.1, -0.05) is 23.7 Å². The number of nitrogens with zero attached hydrogens (tertiary/aromatic N) is 2. The molecule has 0 radical (unpaired) electrons. The molecule has 0 atom stereocenters. The van der Waals surface area contributed by atoms with Crippen LogP contribution in [-0.2, 0) is 13.7 Å². The number of aryl methyl sites for hydroxylation is 1. The van der Waals surface area contributed by atoms with Gasteiger partial charge in [0.2, 0.25) is 0 Å². The van der Waals surface area contributed by atoms with Gasteiger partial charge in [0.05, 0.1) is 5.69 Å². The molecule has 0 saturated carbocycles. The SMILES string of the molecule is Cn1nc(-c2ccc(OCc3ccc(Cl)cc3)cc2)ccc1=O. The highest BCUT2D eigenvalue weighted by Gasteiger charge is 2.02. The van der Waals surface area contributed by atoms with E-state index in [9.17, 15) is 4.79 Å². The lowest BCUT2D eigenvalue weighted by molar-refractivity contribution is 0.306. The minimum absolute atomic E-state index is 0.128. The van der Waals surface area contributed by atoms with E-state index >= 15 is 0 Å². The fraction of sp³-hybridized carbons (Fsp3) is 0.111. The van der Waals surface area contributed by atoms with Crippen molar-refractivity contribution in [1.82, 2.24) is 9.78 Å². The summed E-state index contributed by atoms with van der Waals surface area (Å²) in [7, 11) is 1.63. The van der Waals surface area contributed by atoms with Crippen molar-refractivity contribution < 1.29 is 4.74 Å². The first-order valence-electron chi connectivity index (χ1n) is 7.14. The molecule has 5 heteroatoms. The van der Waals surface area contributed by atoms with Crippen molar-refractivity contribution in [3.63, 3.8) is 0 Å². The molecule has 2 aromatic carbocycles. The van der Waals surface area contributed by atoms with Gasteiger partial charge in [-0.15, -0.1) is 0 Å². The molecule has 0 aliphatic heterocycles. The van der Waals surface area contributed by atoms with E-state index in [2.05, 4.69) is 5.10 Å². The summed E-state index contributed by atoms with van der Waals surface area (Å²) in [5.74, 6) is 0.772. The molecule has 0 aliphatic carbocycles. The lowest BCUT2D eigenvalue weighted by atomic mass is 10.1. The zero-order valence-corrected chi connectivity index (χ0v) is 13.3. The Hall–Kier alpha value is -2.59. The normalized spacial score (nSPS) is 10.5. The lowest BCUT2D eigenvalue weighted by Crippen LogP contribution is -2.18. The molecule has 1 heterocycles. The van der Waals surface area contributed by atoms with Gasteiger partial charge in [0.15, 0.2) is 0 Å². The van der Waals surface area contributed by atoms with E-state index < -0.39 is 0 Å². The lowest BCUT2D eigenvalue weighted by Gasteiger charge is -2.08. The minimum Gasteiger partial charge on any atom is -0.489 e. The van der Waals surface area contributed by atoms with Crippen molar-refractivity contribution >= 4 is 11.6 Å². The highest BCUT2D eigenvalue weighted by atomic mass is 35.5. The second-order valence-electron chi connectivity index (χ2n) is 5.12. The van der Waals surface area contributed by atoms with Gasteiger partial charge < -0.3 is 4.74 Å².